The van der Waals surface area contributed by atoms with Crippen molar-refractivity contribution in [1.82, 2.24) is 0 Å². The van der Waals surface area contributed by atoms with Crippen LogP contribution in [0.4, 0.5) is 0 Å². The van der Waals surface area contributed by atoms with E-state index < -0.39 is 11.9 Å². The minimum atomic E-state index is -0.727. The number of hydrogen-bond donors (Lipinski definition) is 3. The molecule has 3 aromatic carbocycles. The van der Waals surface area contributed by atoms with E-state index in [2.05, 4.69) is 0 Å². The van der Waals surface area contributed by atoms with Crippen molar-refractivity contribution in [1.29, 1.82) is 0 Å². The van der Waals surface area contributed by atoms with Gasteiger partial charge in [0.25, 0.3) is 0 Å². The SMILES string of the molecule is O=C(Oc1ccc(O)cc1)C(c1ccc(O)cc1)c1ccc(O)cc1. The van der Waals surface area contributed by atoms with E-state index in [9.17, 15) is 20.1 Å². The van der Waals surface area contributed by atoms with Gasteiger partial charge in [0.2, 0.25) is 0 Å². The van der Waals surface area contributed by atoms with Crippen LogP contribution in [0.25, 0.3) is 0 Å². The second kappa shape index (κ2) is 6.97. The Bertz CT molecular complexity index is 807. The topological polar surface area (TPSA) is 87.0 Å². The molecule has 0 spiro atoms. The van der Waals surface area contributed by atoms with Crippen molar-refractivity contribution in [2.24, 2.45) is 0 Å². The van der Waals surface area contributed by atoms with Gasteiger partial charge in [-0.3, -0.25) is 4.79 Å². The van der Waals surface area contributed by atoms with Gasteiger partial charge in [0.1, 0.15) is 28.9 Å². The van der Waals surface area contributed by atoms with Gasteiger partial charge in [0, 0.05) is 0 Å². The molecule has 0 aromatic heterocycles. The molecule has 0 bridgehead atoms. The van der Waals surface area contributed by atoms with Crippen LogP contribution < -0.4 is 4.74 Å². The van der Waals surface area contributed by atoms with E-state index in [4.69, 9.17) is 4.74 Å². The fraction of sp³-hybridized carbons (Fsp3) is 0.0500. The first-order chi connectivity index (χ1) is 12.0. The first-order valence-corrected chi connectivity index (χ1v) is 7.61. The maximum Gasteiger partial charge on any atom is 0.323 e. The number of rotatable bonds is 4. The lowest BCUT2D eigenvalue weighted by Crippen LogP contribution is -2.20. The number of esters is 1. The fourth-order valence-electron chi connectivity index (χ4n) is 2.49. The third kappa shape index (κ3) is 3.90. The first kappa shape index (κ1) is 16.4. The average molecular weight is 336 g/mol. The molecule has 0 atom stereocenters. The van der Waals surface area contributed by atoms with Gasteiger partial charge >= 0.3 is 5.97 Å². The molecule has 0 aliphatic heterocycles. The summed E-state index contributed by atoms with van der Waals surface area (Å²) in [6.45, 7) is 0. The summed E-state index contributed by atoms with van der Waals surface area (Å²) in [4.78, 5) is 12.8. The highest BCUT2D eigenvalue weighted by Gasteiger charge is 2.25. The molecule has 3 N–H and O–H groups in total. The van der Waals surface area contributed by atoms with Crippen LogP contribution in [0.5, 0.6) is 23.0 Å². The molecule has 3 aromatic rings. The Labute approximate surface area is 144 Å². The number of phenolic OH excluding ortho intramolecular Hbond substituents is 3. The first-order valence-electron chi connectivity index (χ1n) is 7.61. The molecule has 0 amide bonds. The number of carbonyl (C=O) groups is 1. The van der Waals surface area contributed by atoms with Gasteiger partial charge in [-0.05, 0) is 59.7 Å². The molecule has 5 nitrogen and oxygen atoms in total. The summed E-state index contributed by atoms with van der Waals surface area (Å²) in [5, 5.41) is 28.3. The Morgan fingerprint density at radius 3 is 1.40 bits per heavy atom. The molecule has 3 rings (SSSR count). The summed E-state index contributed by atoms with van der Waals surface area (Å²) in [5.41, 5.74) is 1.29. The molecule has 0 saturated carbocycles. The predicted octanol–water partition coefficient (Wildman–Crippen LogP) is 3.54. The number of benzene rings is 3. The zero-order valence-electron chi connectivity index (χ0n) is 13.2. The van der Waals surface area contributed by atoms with Crippen molar-refractivity contribution >= 4 is 5.97 Å². The number of phenols is 3. The number of carbonyl (C=O) groups excluding carboxylic acids is 1. The Hall–Kier alpha value is -3.47. The van der Waals surface area contributed by atoms with Gasteiger partial charge in [-0.1, -0.05) is 24.3 Å². The quantitative estimate of drug-likeness (QED) is 0.501. The van der Waals surface area contributed by atoms with Crippen molar-refractivity contribution < 1.29 is 24.9 Å². The molecular weight excluding hydrogens is 320 g/mol. The molecule has 25 heavy (non-hydrogen) atoms. The van der Waals surface area contributed by atoms with E-state index in [1.807, 2.05) is 0 Å². The summed E-state index contributed by atoms with van der Waals surface area (Å²) in [7, 11) is 0. The fourth-order valence-corrected chi connectivity index (χ4v) is 2.49. The summed E-state index contributed by atoms with van der Waals surface area (Å²) in [6.07, 6.45) is 0. The predicted molar refractivity (Wildman–Crippen MR) is 91.8 cm³/mol. The molecular formula is C20H16O5. The van der Waals surface area contributed by atoms with Crippen LogP contribution in [-0.4, -0.2) is 21.3 Å². The summed E-state index contributed by atoms with van der Waals surface area (Å²) in [6, 6.07) is 18.4. The summed E-state index contributed by atoms with van der Waals surface area (Å²) in [5.74, 6) is -0.656. The van der Waals surface area contributed by atoms with Crippen LogP contribution in [0, 0.1) is 0 Å². The van der Waals surface area contributed by atoms with Crippen LogP contribution in [-0.2, 0) is 4.79 Å². The van der Waals surface area contributed by atoms with Gasteiger partial charge in [-0.2, -0.15) is 0 Å². The Morgan fingerprint density at radius 1 is 0.640 bits per heavy atom. The maximum absolute atomic E-state index is 12.8. The molecule has 0 unspecified atom stereocenters. The van der Waals surface area contributed by atoms with Crippen molar-refractivity contribution in [2.75, 3.05) is 0 Å². The van der Waals surface area contributed by atoms with Crippen molar-refractivity contribution in [3.63, 3.8) is 0 Å². The highest BCUT2D eigenvalue weighted by Crippen LogP contribution is 2.29. The van der Waals surface area contributed by atoms with Crippen LogP contribution in [0.1, 0.15) is 17.0 Å². The largest absolute Gasteiger partial charge is 0.508 e. The van der Waals surface area contributed by atoms with Gasteiger partial charge in [-0.15, -0.1) is 0 Å². The summed E-state index contributed by atoms with van der Waals surface area (Å²) >= 11 is 0. The van der Waals surface area contributed by atoms with E-state index in [1.54, 1.807) is 24.3 Å². The molecule has 0 heterocycles. The van der Waals surface area contributed by atoms with Gasteiger partial charge < -0.3 is 20.1 Å². The molecule has 126 valence electrons. The average Bonchev–Trinajstić information content (AvgIpc) is 2.60. The van der Waals surface area contributed by atoms with Crippen LogP contribution in [0.2, 0.25) is 0 Å². The van der Waals surface area contributed by atoms with Gasteiger partial charge in [0.15, 0.2) is 0 Å². The second-order valence-corrected chi connectivity index (χ2v) is 5.53. The lowest BCUT2D eigenvalue weighted by Gasteiger charge is -2.17. The van der Waals surface area contributed by atoms with Crippen molar-refractivity contribution in [3.05, 3.63) is 83.9 Å². The normalized spacial score (nSPS) is 10.6. The molecule has 0 radical (unpaired) electrons. The monoisotopic (exact) mass is 336 g/mol. The molecule has 5 heteroatoms. The maximum atomic E-state index is 12.8. The number of aromatic hydroxyl groups is 3. The zero-order valence-corrected chi connectivity index (χ0v) is 13.2. The van der Waals surface area contributed by atoms with Gasteiger partial charge in [-0.25, -0.2) is 0 Å². The Morgan fingerprint density at radius 2 is 1.00 bits per heavy atom. The number of ether oxygens (including phenoxy) is 1. The third-order valence-corrected chi connectivity index (χ3v) is 3.74. The molecule has 0 aliphatic carbocycles. The molecule has 0 aliphatic rings. The van der Waals surface area contributed by atoms with Gasteiger partial charge in [0.05, 0.1) is 0 Å². The Kier molecular flexibility index (Phi) is 4.57. The van der Waals surface area contributed by atoms with Crippen LogP contribution in [0.3, 0.4) is 0 Å². The summed E-state index contributed by atoms with van der Waals surface area (Å²) < 4.78 is 5.43. The highest BCUT2D eigenvalue weighted by atomic mass is 16.5. The van der Waals surface area contributed by atoms with E-state index in [0.717, 1.165) is 0 Å². The third-order valence-electron chi connectivity index (χ3n) is 3.74. The number of hydrogen-bond acceptors (Lipinski definition) is 5. The Balaban J connectivity index is 1.94. The minimum absolute atomic E-state index is 0.0772. The van der Waals surface area contributed by atoms with E-state index in [0.29, 0.717) is 16.9 Å². The highest BCUT2D eigenvalue weighted by molar-refractivity contribution is 5.84. The lowest BCUT2D eigenvalue weighted by molar-refractivity contribution is -0.135. The lowest BCUT2D eigenvalue weighted by atomic mass is 9.91. The second-order valence-electron chi connectivity index (χ2n) is 5.53. The zero-order chi connectivity index (χ0) is 17.8. The van der Waals surface area contributed by atoms with Crippen LogP contribution >= 0.6 is 0 Å². The smallest absolute Gasteiger partial charge is 0.323 e. The standard InChI is InChI=1S/C20H16O5/c21-15-5-1-13(2-6-15)19(14-3-7-16(22)8-4-14)20(24)25-18-11-9-17(23)10-12-18/h1-12,19,21-23H. The van der Waals surface area contributed by atoms with E-state index in [1.165, 1.54) is 48.5 Å². The molecule has 0 fully saturated rings. The van der Waals surface area contributed by atoms with E-state index >= 15 is 0 Å². The molecule has 0 saturated heterocycles. The minimum Gasteiger partial charge on any atom is -0.508 e. The van der Waals surface area contributed by atoms with Crippen molar-refractivity contribution in [3.8, 4) is 23.0 Å². The van der Waals surface area contributed by atoms with Crippen molar-refractivity contribution in [2.45, 2.75) is 5.92 Å². The van der Waals surface area contributed by atoms with E-state index in [-0.39, 0.29) is 17.2 Å². The van der Waals surface area contributed by atoms with Crippen LogP contribution in [0.15, 0.2) is 72.8 Å².